The Hall–Kier alpha value is -1.55. The molecule has 1 aromatic rings. The molecule has 1 aliphatic rings. The number of aliphatic hydroxyl groups is 1. The van der Waals surface area contributed by atoms with Gasteiger partial charge in [-0.25, -0.2) is 0 Å². The zero-order chi connectivity index (χ0) is 14.5. The van der Waals surface area contributed by atoms with E-state index in [1.54, 1.807) is 0 Å². The Bertz CT molecular complexity index is 472. The molecule has 4 nitrogen and oxygen atoms in total. The molecule has 0 fully saturated rings. The summed E-state index contributed by atoms with van der Waals surface area (Å²) in [5, 5.41) is 15.7. The summed E-state index contributed by atoms with van der Waals surface area (Å²) in [6.45, 7) is 5.12. The molecule has 3 N–H and O–H groups in total. The van der Waals surface area contributed by atoms with Gasteiger partial charge in [0.05, 0.1) is 12.6 Å². The van der Waals surface area contributed by atoms with Crippen LogP contribution in [0.2, 0.25) is 0 Å². The zero-order valence-electron chi connectivity index (χ0n) is 12.3. The minimum absolute atomic E-state index is 0.0167. The summed E-state index contributed by atoms with van der Waals surface area (Å²) >= 11 is 0. The number of nitrogens with one attached hydrogen (secondary N) is 2. The Morgan fingerprint density at radius 1 is 1.45 bits per heavy atom. The van der Waals surface area contributed by atoms with Crippen LogP contribution in [0.5, 0.6) is 0 Å². The van der Waals surface area contributed by atoms with Crippen molar-refractivity contribution in [1.82, 2.24) is 5.32 Å². The normalized spacial score (nSPS) is 15.4. The summed E-state index contributed by atoms with van der Waals surface area (Å²) in [4.78, 5) is 12.4. The van der Waals surface area contributed by atoms with Crippen LogP contribution in [0.15, 0.2) is 18.2 Å². The molecule has 0 radical (unpaired) electrons. The van der Waals surface area contributed by atoms with Gasteiger partial charge in [-0.05, 0) is 42.9 Å². The van der Waals surface area contributed by atoms with E-state index in [9.17, 15) is 9.90 Å². The number of carbonyl (C=O) groups excluding carboxylic acids is 1. The second-order valence-corrected chi connectivity index (χ2v) is 5.84. The van der Waals surface area contributed by atoms with Crippen LogP contribution in [-0.2, 0) is 6.42 Å². The van der Waals surface area contributed by atoms with Crippen molar-refractivity contribution in [2.24, 2.45) is 5.92 Å². The van der Waals surface area contributed by atoms with Crippen LogP contribution in [0.1, 0.15) is 42.6 Å². The zero-order valence-corrected chi connectivity index (χ0v) is 12.3. The number of rotatable bonds is 5. The van der Waals surface area contributed by atoms with E-state index in [-0.39, 0.29) is 18.6 Å². The Balaban J connectivity index is 2.13. The average Bonchev–Trinajstić information content (AvgIpc) is 2.45. The van der Waals surface area contributed by atoms with Crippen molar-refractivity contribution in [3.63, 3.8) is 0 Å². The SMILES string of the molecule is CC(C)CC(CO)NC(=O)c1cccc2c1CCCN2. The quantitative estimate of drug-likeness (QED) is 0.772. The van der Waals surface area contributed by atoms with Crippen LogP contribution in [-0.4, -0.2) is 30.2 Å². The fourth-order valence-corrected chi connectivity index (χ4v) is 2.73. The first-order chi connectivity index (χ1) is 9.61. The highest BCUT2D eigenvalue weighted by Crippen LogP contribution is 2.25. The van der Waals surface area contributed by atoms with Crippen molar-refractivity contribution in [3.05, 3.63) is 29.3 Å². The average molecular weight is 276 g/mol. The van der Waals surface area contributed by atoms with Gasteiger partial charge in [-0.1, -0.05) is 19.9 Å². The summed E-state index contributed by atoms with van der Waals surface area (Å²) < 4.78 is 0. The highest BCUT2D eigenvalue weighted by atomic mass is 16.3. The third kappa shape index (κ3) is 3.51. The molecule has 0 aliphatic carbocycles. The van der Waals surface area contributed by atoms with Crippen molar-refractivity contribution in [2.75, 3.05) is 18.5 Å². The molecule has 4 heteroatoms. The van der Waals surface area contributed by atoms with Gasteiger partial charge >= 0.3 is 0 Å². The number of hydrogen-bond donors (Lipinski definition) is 3. The third-order valence-corrected chi connectivity index (χ3v) is 3.65. The van der Waals surface area contributed by atoms with E-state index < -0.39 is 0 Å². The molecule has 1 aromatic carbocycles. The van der Waals surface area contributed by atoms with E-state index in [1.165, 1.54) is 0 Å². The lowest BCUT2D eigenvalue weighted by atomic mass is 9.96. The Labute approximate surface area is 120 Å². The molecule has 1 atom stereocenters. The molecule has 0 bridgehead atoms. The van der Waals surface area contributed by atoms with Gasteiger partial charge in [-0.2, -0.15) is 0 Å². The molecule has 0 saturated heterocycles. The molecular formula is C16H24N2O2. The van der Waals surface area contributed by atoms with Crippen LogP contribution in [0.4, 0.5) is 5.69 Å². The van der Waals surface area contributed by atoms with Gasteiger partial charge in [0.2, 0.25) is 0 Å². The topological polar surface area (TPSA) is 61.4 Å². The second kappa shape index (κ2) is 6.75. The molecule has 1 heterocycles. The monoisotopic (exact) mass is 276 g/mol. The standard InChI is InChI=1S/C16H24N2O2/c1-11(2)9-12(10-19)18-16(20)14-5-3-7-15-13(14)6-4-8-17-15/h3,5,7,11-12,17,19H,4,6,8-10H2,1-2H3,(H,18,20). The Morgan fingerprint density at radius 2 is 2.25 bits per heavy atom. The highest BCUT2D eigenvalue weighted by molar-refractivity contribution is 5.97. The highest BCUT2D eigenvalue weighted by Gasteiger charge is 2.20. The van der Waals surface area contributed by atoms with Crippen molar-refractivity contribution >= 4 is 11.6 Å². The van der Waals surface area contributed by atoms with Gasteiger partial charge in [0, 0.05) is 17.8 Å². The van der Waals surface area contributed by atoms with Crippen molar-refractivity contribution in [2.45, 2.75) is 39.2 Å². The Morgan fingerprint density at radius 3 is 2.95 bits per heavy atom. The fourth-order valence-electron chi connectivity index (χ4n) is 2.73. The molecule has 20 heavy (non-hydrogen) atoms. The molecule has 0 spiro atoms. The van der Waals surface area contributed by atoms with E-state index >= 15 is 0 Å². The first kappa shape index (κ1) is 14.9. The molecule has 0 aromatic heterocycles. The summed E-state index contributed by atoms with van der Waals surface area (Å²) in [6, 6.07) is 5.62. The molecule has 1 unspecified atom stereocenters. The maximum Gasteiger partial charge on any atom is 0.251 e. The summed E-state index contributed by atoms with van der Waals surface area (Å²) in [7, 11) is 0. The predicted molar refractivity (Wildman–Crippen MR) is 81.0 cm³/mol. The van der Waals surface area contributed by atoms with E-state index in [1.807, 2.05) is 18.2 Å². The first-order valence-corrected chi connectivity index (χ1v) is 7.39. The van der Waals surface area contributed by atoms with Crippen LogP contribution >= 0.6 is 0 Å². The second-order valence-electron chi connectivity index (χ2n) is 5.84. The van der Waals surface area contributed by atoms with Crippen molar-refractivity contribution in [3.8, 4) is 0 Å². The van der Waals surface area contributed by atoms with E-state index in [0.717, 1.165) is 42.6 Å². The minimum atomic E-state index is -0.171. The summed E-state index contributed by atoms with van der Waals surface area (Å²) in [6.07, 6.45) is 2.77. The van der Waals surface area contributed by atoms with Crippen LogP contribution < -0.4 is 10.6 Å². The summed E-state index contributed by atoms with van der Waals surface area (Å²) in [5.41, 5.74) is 2.89. The number of fused-ring (bicyclic) bond motifs is 1. The lowest BCUT2D eigenvalue weighted by Crippen LogP contribution is -2.39. The number of aliphatic hydroxyl groups excluding tert-OH is 1. The number of amides is 1. The third-order valence-electron chi connectivity index (χ3n) is 3.65. The fraction of sp³-hybridized carbons (Fsp3) is 0.562. The van der Waals surface area contributed by atoms with Crippen molar-refractivity contribution in [1.29, 1.82) is 0 Å². The van der Waals surface area contributed by atoms with Crippen LogP contribution in [0.25, 0.3) is 0 Å². The van der Waals surface area contributed by atoms with Gasteiger partial charge in [0.1, 0.15) is 0 Å². The van der Waals surface area contributed by atoms with Gasteiger partial charge < -0.3 is 15.7 Å². The molecule has 1 aliphatic heterocycles. The maximum atomic E-state index is 12.4. The lowest BCUT2D eigenvalue weighted by Gasteiger charge is -2.23. The van der Waals surface area contributed by atoms with E-state index in [0.29, 0.717) is 5.92 Å². The Kier molecular flexibility index (Phi) is 5.01. The molecular weight excluding hydrogens is 252 g/mol. The maximum absolute atomic E-state index is 12.4. The van der Waals surface area contributed by atoms with E-state index in [2.05, 4.69) is 24.5 Å². The van der Waals surface area contributed by atoms with Gasteiger partial charge in [0.25, 0.3) is 5.91 Å². The largest absolute Gasteiger partial charge is 0.394 e. The van der Waals surface area contributed by atoms with Gasteiger partial charge in [-0.15, -0.1) is 0 Å². The number of anilines is 1. The lowest BCUT2D eigenvalue weighted by molar-refractivity contribution is 0.0907. The van der Waals surface area contributed by atoms with Crippen LogP contribution in [0, 0.1) is 5.92 Å². The van der Waals surface area contributed by atoms with Crippen LogP contribution in [0.3, 0.4) is 0 Å². The predicted octanol–water partition coefficient (Wildman–Crippen LogP) is 2.18. The minimum Gasteiger partial charge on any atom is -0.394 e. The smallest absolute Gasteiger partial charge is 0.251 e. The summed E-state index contributed by atoms with van der Waals surface area (Å²) in [5.74, 6) is 0.365. The van der Waals surface area contributed by atoms with Gasteiger partial charge in [0.15, 0.2) is 0 Å². The molecule has 2 rings (SSSR count). The number of carbonyl (C=O) groups is 1. The van der Waals surface area contributed by atoms with Gasteiger partial charge in [-0.3, -0.25) is 4.79 Å². The van der Waals surface area contributed by atoms with Crippen molar-refractivity contribution < 1.29 is 9.90 Å². The molecule has 110 valence electrons. The first-order valence-electron chi connectivity index (χ1n) is 7.39. The number of hydrogen-bond acceptors (Lipinski definition) is 3. The number of benzene rings is 1. The molecule has 0 saturated carbocycles. The van der Waals surface area contributed by atoms with E-state index in [4.69, 9.17) is 0 Å². The molecule has 1 amide bonds.